The van der Waals surface area contributed by atoms with Gasteiger partial charge in [-0.3, -0.25) is 9.59 Å². The zero-order chi connectivity index (χ0) is 22.4. The second kappa shape index (κ2) is 10.8. The number of hydrogen-bond acceptors (Lipinski definition) is 6. The molecule has 1 aliphatic rings. The molecule has 0 saturated carbocycles. The van der Waals surface area contributed by atoms with Crippen LogP contribution in [0.4, 0.5) is 0 Å². The van der Waals surface area contributed by atoms with Gasteiger partial charge in [0.2, 0.25) is 5.91 Å². The number of hydrogen-bond donors (Lipinski definition) is 0. The number of amides is 1. The smallest absolute Gasteiger partial charge is 0.309 e. The minimum Gasteiger partial charge on any atom is -0.466 e. The number of benzene rings is 1. The molecule has 1 aromatic carbocycles. The first kappa shape index (κ1) is 23.3. The van der Waals surface area contributed by atoms with Gasteiger partial charge in [-0.25, -0.2) is 0 Å². The molecule has 1 atom stereocenters. The fourth-order valence-electron chi connectivity index (χ4n) is 3.86. The summed E-state index contributed by atoms with van der Waals surface area (Å²) >= 11 is 1.45. The molecule has 1 saturated heterocycles. The number of esters is 1. The van der Waals surface area contributed by atoms with E-state index >= 15 is 0 Å². The highest BCUT2D eigenvalue weighted by Crippen LogP contribution is 2.29. The van der Waals surface area contributed by atoms with Crippen molar-refractivity contribution in [3.8, 4) is 11.4 Å². The van der Waals surface area contributed by atoms with Crippen molar-refractivity contribution in [2.75, 3.05) is 19.7 Å². The number of likely N-dealkylation sites (tertiary alicyclic amines) is 1. The number of aryl methyl sites for hydroxylation is 1. The summed E-state index contributed by atoms with van der Waals surface area (Å²) in [5.74, 6) is 0.670. The van der Waals surface area contributed by atoms with Crippen LogP contribution in [0.3, 0.4) is 0 Å². The second-order valence-electron chi connectivity index (χ2n) is 7.94. The van der Waals surface area contributed by atoms with Crippen LogP contribution in [-0.4, -0.2) is 56.5 Å². The van der Waals surface area contributed by atoms with Gasteiger partial charge in [0.05, 0.1) is 17.8 Å². The van der Waals surface area contributed by atoms with E-state index in [2.05, 4.69) is 40.7 Å². The molecule has 0 aliphatic carbocycles. The summed E-state index contributed by atoms with van der Waals surface area (Å²) < 4.78 is 7.23. The van der Waals surface area contributed by atoms with E-state index in [1.54, 1.807) is 0 Å². The van der Waals surface area contributed by atoms with Crippen LogP contribution in [0.2, 0.25) is 0 Å². The molecule has 0 N–H and O–H groups in total. The fraction of sp³-hybridized carbons (Fsp3) is 0.565. The SMILES string of the molecule is CCCn1c(SC(C)C(=O)N2CCC(C(=O)OCC)CC2)nnc1-c1cccc(C)c1. The predicted octanol–water partition coefficient (Wildman–Crippen LogP) is 3.95. The number of ether oxygens (including phenoxy) is 1. The van der Waals surface area contributed by atoms with Crippen LogP contribution >= 0.6 is 11.8 Å². The number of thioether (sulfide) groups is 1. The summed E-state index contributed by atoms with van der Waals surface area (Å²) in [4.78, 5) is 26.8. The van der Waals surface area contributed by atoms with Crippen molar-refractivity contribution >= 4 is 23.6 Å². The van der Waals surface area contributed by atoms with Gasteiger partial charge in [0.25, 0.3) is 0 Å². The number of carbonyl (C=O) groups excluding carboxylic acids is 2. The Bertz CT molecular complexity index is 906. The molecule has 1 fully saturated rings. The summed E-state index contributed by atoms with van der Waals surface area (Å²) in [7, 11) is 0. The predicted molar refractivity (Wildman–Crippen MR) is 122 cm³/mol. The van der Waals surface area contributed by atoms with E-state index in [1.807, 2.05) is 30.9 Å². The van der Waals surface area contributed by atoms with Crippen LogP contribution in [0.1, 0.15) is 45.6 Å². The number of nitrogens with zero attached hydrogens (tertiary/aromatic N) is 4. The Kier molecular flexibility index (Phi) is 8.12. The van der Waals surface area contributed by atoms with Crippen molar-refractivity contribution in [2.24, 2.45) is 5.92 Å². The first-order valence-electron chi connectivity index (χ1n) is 11.1. The summed E-state index contributed by atoms with van der Waals surface area (Å²) in [5.41, 5.74) is 2.21. The van der Waals surface area contributed by atoms with Crippen LogP contribution in [-0.2, 0) is 20.9 Å². The first-order chi connectivity index (χ1) is 14.9. The Labute approximate surface area is 188 Å². The van der Waals surface area contributed by atoms with Gasteiger partial charge in [0, 0.05) is 25.2 Å². The molecule has 168 valence electrons. The molecule has 0 radical (unpaired) electrons. The van der Waals surface area contributed by atoms with E-state index in [-0.39, 0.29) is 23.0 Å². The molecule has 2 aromatic rings. The Hall–Kier alpha value is -2.35. The summed E-state index contributed by atoms with van der Waals surface area (Å²) in [6.45, 7) is 10.3. The topological polar surface area (TPSA) is 77.3 Å². The van der Waals surface area contributed by atoms with Crippen molar-refractivity contribution in [2.45, 2.75) is 63.9 Å². The van der Waals surface area contributed by atoms with E-state index < -0.39 is 0 Å². The molecule has 7 nitrogen and oxygen atoms in total. The van der Waals surface area contributed by atoms with Crippen LogP contribution in [0.25, 0.3) is 11.4 Å². The lowest BCUT2D eigenvalue weighted by Crippen LogP contribution is -2.43. The van der Waals surface area contributed by atoms with Crippen LogP contribution < -0.4 is 0 Å². The Morgan fingerprint density at radius 1 is 1.23 bits per heavy atom. The number of piperidine rings is 1. The molecule has 1 amide bonds. The molecular formula is C23H32N4O3S. The van der Waals surface area contributed by atoms with Crippen molar-refractivity contribution in [3.63, 3.8) is 0 Å². The molecule has 1 unspecified atom stereocenters. The van der Waals surface area contributed by atoms with Crippen LogP contribution in [0, 0.1) is 12.8 Å². The summed E-state index contributed by atoms with van der Waals surface area (Å²) in [6, 6.07) is 8.23. The minimum absolute atomic E-state index is 0.0791. The first-order valence-corrected chi connectivity index (χ1v) is 11.9. The maximum absolute atomic E-state index is 13.0. The second-order valence-corrected chi connectivity index (χ2v) is 9.25. The van der Waals surface area contributed by atoms with E-state index in [9.17, 15) is 9.59 Å². The maximum Gasteiger partial charge on any atom is 0.309 e. The zero-order valence-corrected chi connectivity index (χ0v) is 19.7. The third-order valence-electron chi connectivity index (χ3n) is 5.50. The fourth-order valence-corrected chi connectivity index (χ4v) is 4.82. The van der Waals surface area contributed by atoms with Crippen molar-refractivity contribution in [1.29, 1.82) is 0 Å². The van der Waals surface area contributed by atoms with Crippen molar-refractivity contribution in [1.82, 2.24) is 19.7 Å². The van der Waals surface area contributed by atoms with Gasteiger partial charge in [0.15, 0.2) is 11.0 Å². The van der Waals surface area contributed by atoms with E-state index in [1.165, 1.54) is 17.3 Å². The summed E-state index contributed by atoms with van der Waals surface area (Å²) in [6.07, 6.45) is 2.27. The highest BCUT2D eigenvalue weighted by Gasteiger charge is 2.31. The molecule has 8 heteroatoms. The van der Waals surface area contributed by atoms with Gasteiger partial charge >= 0.3 is 5.97 Å². The highest BCUT2D eigenvalue weighted by atomic mass is 32.2. The Balaban J connectivity index is 1.67. The average molecular weight is 445 g/mol. The third-order valence-corrected chi connectivity index (χ3v) is 6.56. The zero-order valence-electron chi connectivity index (χ0n) is 18.8. The Morgan fingerprint density at radius 3 is 2.61 bits per heavy atom. The largest absolute Gasteiger partial charge is 0.466 e. The van der Waals surface area contributed by atoms with Crippen molar-refractivity contribution in [3.05, 3.63) is 29.8 Å². The number of rotatable bonds is 8. The van der Waals surface area contributed by atoms with Gasteiger partial charge in [-0.05, 0) is 46.1 Å². The number of carbonyl (C=O) groups is 2. The minimum atomic E-state index is -0.274. The standard InChI is InChI=1S/C23H32N4O3S/c1-5-12-27-20(19-9-7-8-16(3)15-19)24-25-23(27)31-17(4)21(28)26-13-10-18(11-14-26)22(29)30-6-2/h7-9,15,17-18H,5-6,10-14H2,1-4H3. The van der Waals surface area contributed by atoms with Crippen molar-refractivity contribution < 1.29 is 14.3 Å². The molecule has 2 heterocycles. The lowest BCUT2D eigenvalue weighted by atomic mass is 9.97. The Morgan fingerprint density at radius 2 is 1.97 bits per heavy atom. The number of aromatic nitrogens is 3. The van der Waals surface area contributed by atoms with Crippen LogP contribution in [0.15, 0.2) is 29.4 Å². The quantitative estimate of drug-likeness (QED) is 0.453. The molecular weight excluding hydrogens is 412 g/mol. The monoisotopic (exact) mass is 444 g/mol. The lowest BCUT2D eigenvalue weighted by molar-refractivity contribution is -0.151. The van der Waals surface area contributed by atoms with Gasteiger partial charge in [0.1, 0.15) is 0 Å². The molecule has 1 aromatic heterocycles. The molecule has 31 heavy (non-hydrogen) atoms. The lowest BCUT2D eigenvalue weighted by Gasteiger charge is -2.32. The van der Waals surface area contributed by atoms with Gasteiger partial charge < -0.3 is 14.2 Å². The average Bonchev–Trinajstić information content (AvgIpc) is 3.16. The molecule has 1 aliphatic heterocycles. The van der Waals surface area contributed by atoms with Gasteiger partial charge in [-0.15, -0.1) is 10.2 Å². The molecule has 0 spiro atoms. The highest BCUT2D eigenvalue weighted by molar-refractivity contribution is 8.00. The molecule has 0 bridgehead atoms. The van der Waals surface area contributed by atoms with E-state index in [4.69, 9.17) is 4.74 Å². The summed E-state index contributed by atoms with van der Waals surface area (Å²) in [5, 5.41) is 9.33. The van der Waals surface area contributed by atoms with Gasteiger partial charge in [-0.2, -0.15) is 0 Å². The van der Waals surface area contributed by atoms with E-state index in [0.29, 0.717) is 32.5 Å². The molecule has 3 rings (SSSR count). The third kappa shape index (κ3) is 5.67. The van der Waals surface area contributed by atoms with E-state index in [0.717, 1.165) is 29.5 Å². The van der Waals surface area contributed by atoms with Gasteiger partial charge in [-0.1, -0.05) is 42.4 Å². The van der Waals surface area contributed by atoms with Crippen LogP contribution in [0.5, 0.6) is 0 Å². The maximum atomic E-state index is 13.0. The normalized spacial score (nSPS) is 15.7.